The van der Waals surface area contributed by atoms with Gasteiger partial charge in [0.15, 0.2) is 0 Å². The van der Waals surface area contributed by atoms with Crippen LogP contribution in [0, 0.1) is 11.8 Å². The molecule has 0 spiro atoms. The molecule has 1 aromatic carbocycles. The maximum atomic E-state index is 11.6. The predicted molar refractivity (Wildman–Crippen MR) is 72.4 cm³/mol. The molecule has 0 saturated carbocycles. The Morgan fingerprint density at radius 3 is 2.68 bits per heavy atom. The Kier molecular flexibility index (Phi) is 3.79. The van der Waals surface area contributed by atoms with Crippen molar-refractivity contribution in [3.63, 3.8) is 0 Å². The molecular weight excluding hydrogens is 240 g/mol. The number of anilines is 1. The summed E-state index contributed by atoms with van der Waals surface area (Å²) >= 11 is 0. The van der Waals surface area contributed by atoms with Crippen LogP contribution < -0.4 is 5.73 Å². The van der Waals surface area contributed by atoms with Crippen LogP contribution in [0.5, 0.6) is 0 Å². The summed E-state index contributed by atoms with van der Waals surface area (Å²) in [4.78, 5) is 15.5. The number of nitrogen functional groups attached to an aromatic ring is 1. The zero-order chi connectivity index (χ0) is 13.7. The smallest absolute Gasteiger partial charge is 0.339 e. The number of carbonyl (C=O) groups excluding carboxylic acids is 1. The molecule has 19 heavy (non-hydrogen) atoms. The fourth-order valence-corrected chi connectivity index (χ4v) is 1.54. The summed E-state index contributed by atoms with van der Waals surface area (Å²) in [5, 5.41) is 0. The molecule has 0 unspecified atom stereocenters. The number of benzene rings is 1. The summed E-state index contributed by atoms with van der Waals surface area (Å²) in [5.41, 5.74) is 7.97. The molecular formula is C15H12N2O2. The zero-order valence-electron chi connectivity index (χ0n) is 10.4. The average Bonchev–Trinajstić information content (AvgIpc) is 2.46. The number of rotatable bonds is 1. The second-order valence-corrected chi connectivity index (χ2v) is 3.75. The van der Waals surface area contributed by atoms with Crippen LogP contribution in [0.1, 0.15) is 21.5 Å². The van der Waals surface area contributed by atoms with Crippen LogP contribution in [0.15, 0.2) is 42.7 Å². The molecule has 0 amide bonds. The number of methoxy groups -OCH3 is 1. The lowest BCUT2D eigenvalue weighted by Gasteiger charge is -2.01. The van der Waals surface area contributed by atoms with Gasteiger partial charge < -0.3 is 10.5 Å². The number of hydrogen-bond acceptors (Lipinski definition) is 4. The van der Waals surface area contributed by atoms with Crippen LogP contribution in [0.25, 0.3) is 0 Å². The molecule has 2 rings (SSSR count). The van der Waals surface area contributed by atoms with Gasteiger partial charge in [0.25, 0.3) is 0 Å². The maximum absolute atomic E-state index is 11.6. The first kappa shape index (κ1) is 12.7. The van der Waals surface area contributed by atoms with Gasteiger partial charge in [-0.2, -0.15) is 0 Å². The monoisotopic (exact) mass is 252 g/mol. The minimum atomic E-state index is -0.410. The van der Waals surface area contributed by atoms with E-state index in [1.807, 2.05) is 6.07 Å². The van der Waals surface area contributed by atoms with Crippen LogP contribution in [0.2, 0.25) is 0 Å². The van der Waals surface area contributed by atoms with Crippen molar-refractivity contribution in [1.82, 2.24) is 4.98 Å². The highest BCUT2D eigenvalue weighted by Crippen LogP contribution is 2.10. The highest BCUT2D eigenvalue weighted by atomic mass is 16.5. The summed E-state index contributed by atoms with van der Waals surface area (Å²) in [7, 11) is 1.34. The molecule has 0 atom stereocenters. The van der Waals surface area contributed by atoms with E-state index in [1.54, 1.807) is 30.5 Å². The van der Waals surface area contributed by atoms with Crippen LogP contribution >= 0.6 is 0 Å². The van der Waals surface area contributed by atoms with E-state index in [9.17, 15) is 4.79 Å². The number of ether oxygens (including phenoxy) is 1. The summed E-state index contributed by atoms with van der Waals surface area (Å²) in [6, 6.07) is 8.73. The standard InChI is InChI=1S/C15H12N2O2/c1-19-15(18)13-5-3-2-4-11(13)6-7-12-8-9-17-10-14(12)16/h2-5,8-10H,16H2,1H3. The van der Waals surface area contributed by atoms with Crippen molar-refractivity contribution in [3.8, 4) is 11.8 Å². The second-order valence-electron chi connectivity index (χ2n) is 3.75. The molecule has 0 radical (unpaired) electrons. The molecule has 0 aliphatic carbocycles. The first-order valence-corrected chi connectivity index (χ1v) is 5.61. The third-order valence-corrected chi connectivity index (χ3v) is 2.52. The van der Waals surface area contributed by atoms with Crippen LogP contribution in [-0.2, 0) is 4.74 Å². The van der Waals surface area contributed by atoms with E-state index < -0.39 is 5.97 Å². The van der Waals surface area contributed by atoms with Gasteiger partial charge in [-0.25, -0.2) is 4.79 Å². The summed E-state index contributed by atoms with van der Waals surface area (Å²) in [5.74, 6) is 5.44. The molecule has 0 bridgehead atoms. The molecule has 2 aromatic rings. The lowest BCUT2D eigenvalue weighted by Crippen LogP contribution is -2.03. The van der Waals surface area contributed by atoms with Gasteiger partial charge in [-0.3, -0.25) is 4.98 Å². The zero-order valence-corrected chi connectivity index (χ0v) is 10.4. The maximum Gasteiger partial charge on any atom is 0.339 e. The highest BCUT2D eigenvalue weighted by molar-refractivity contribution is 5.92. The van der Waals surface area contributed by atoms with E-state index in [0.29, 0.717) is 22.4 Å². The topological polar surface area (TPSA) is 65.2 Å². The van der Waals surface area contributed by atoms with Crippen molar-refractivity contribution < 1.29 is 9.53 Å². The van der Waals surface area contributed by atoms with Crippen molar-refractivity contribution in [3.05, 3.63) is 59.4 Å². The number of nitrogens with zero attached hydrogens (tertiary/aromatic N) is 1. The second kappa shape index (κ2) is 5.69. The Morgan fingerprint density at radius 2 is 1.95 bits per heavy atom. The van der Waals surface area contributed by atoms with Gasteiger partial charge in [-0.1, -0.05) is 24.0 Å². The molecule has 1 heterocycles. The average molecular weight is 252 g/mol. The van der Waals surface area contributed by atoms with E-state index in [0.717, 1.165) is 0 Å². The fraction of sp³-hybridized carbons (Fsp3) is 0.0667. The van der Waals surface area contributed by atoms with Crippen molar-refractivity contribution in [1.29, 1.82) is 0 Å². The Balaban J connectivity index is 2.41. The van der Waals surface area contributed by atoms with Gasteiger partial charge >= 0.3 is 5.97 Å². The molecule has 1 aromatic heterocycles. The number of aromatic nitrogens is 1. The van der Waals surface area contributed by atoms with Gasteiger partial charge in [-0.15, -0.1) is 0 Å². The number of pyridine rings is 1. The van der Waals surface area contributed by atoms with Crippen molar-refractivity contribution in [2.45, 2.75) is 0 Å². The third-order valence-electron chi connectivity index (χ3n) is 2.52. The van der Waals surface area contributed by atoms with Crippen molar-refractivity contribution >= 4 is 11.7 Å². The highest BCUT2D eigenvalue weighted by Gasteiger charge is 2.08. The summed E-state index contributed by atoms with van der Waals surface area (Å²) in [6.07, 6.45) is 3.16. The number of hydrogen-bond donors (Lipinski definition) is 1. The van der Waals surface area contributed by atoms with Crippen LogP contribution in [-0.4, -0.2) is 18.1 Å². The minimum Gasteiger partial charge on any atom is -0.465 e. The van der Waals surface area contributed by atoms with Gasteiger partial charge in [0.2, 0.25) is 0 Å². The van der Waals surface area contributed by atoms with E-state index in [1.165, 1.54) is 13.3 Å². The van der Waals surface area contributed by atoms with E-state index in [2.05, 4.69) is 16.8 Å². The molecule has 0 fully saturated rings. The van der Waals surface area contributed by atoms with Crippen LogP contribution in [0.4, 0.5) is 5.69 Å². The lowest BCUT2D eigenvalue weighted by atomic mass is 10.1. The van der Waals surface area contributed by atoms with E-state index in [4.69, 9.17) is 10.5 Å². The lowest BCUT2D eigenvalue weighted by molar-refractivity contribution is 0.0600. The summed E-state index contributed by atoms with van der Waals surface area (Å²) < 4.78 is 4.71. The van der Waals surface area contributed by atoms with Gasteiger partial charge in [-0.05, 0) is 18.2 Å². The van der Waals surface area contributed by atoms with Gasteiger partial charge in [0.05, 0.1) is 30.1 Å². The normalized spacial score (nSPS) is 9.32. The Labute approximate surface area is 111 Å². The van der Waals surface area contributed by atoms with E-state index >= 15 is 0 Å². The molecule has 0 aliphatic heterocycles. The van der Waals surface area contributed by atoms with Crippen molar-refractivity contribution in [2.24, 2.45) is 0 Å². The largest absolute Gasteiger partial charge is 0.465 e. The molecule has 2 N–H and O–H groups in total. The van der Waals surface area contributed by atoms with Gasteiger partial charge in [0.1, 0.15) is 0 Å². The Bertz CT molecular complexity index is 669. The number of esters is 1. The molecule has 0 aliphatic rings. The van der Waals surface area contributed by atoms with Crippen molar-refractivity contribution in [2.75, 3.05) is 12.8 Å². The van der Waals surface area contributed by atoms with E-state index in [-0.39, 0.29) is 0 Å². The van der Waals surface area contributed by atoms with Crippen LogP contribution in [0.3, 0.4) is 0 Å². The summed E-state index contributed by atoms with van der Waals surface area (Å²) in [6.45, 7) is 0. The molecule has 94 valence electrons. The first-order chi connectivity index (χ1) is 9.22. The molecule has 4 heteroatoms. The predicted octanol–water partition coefficient (Wildman–Crippen LogP) is 1.85. The molecule has 4 nitrogen and oxygen atoms in total. The third kappa shape index (κ3) is 2.90. The fourth-order valence-electron chi connectivity index (χ4n) is 1.54. The molecule has 0 saturated heterocycles. The Morgan fingerprint density at radius 1 is 1.21 bits per heavy atom. The number of carbonyl (C=O) groups is 1. The number of nitrogens with two attached hydrogens (primary N) is 1. The quantitative estimate of drug-likeness (QED) is 0.621. The van der Waals surface area contributed by atoms with Gasteiger partial charge in [0, 0.05) is 11.8 Å². The first-order valence-electron chi connectivity index (χ1n) is 5.61. The Hall–Kier alpha value is -2.80. The minimum absolute atomic E-state index is 0.410. The SMILES string of the molecule is COC(=O)c1ccccc1C#Cc1ccncc1N.